The number of halogens is 1. The molecule has 0 aliphatic carbocycles. The van der Waals surface area contributed by atoms with Crippen LogP contribution in [0.3, 0.4) is 0 Å². The summed E-state index contributed by atoms with van der Waals surface area (Å²) in [7, 11) is -3.65. The topological polar surface area (TPSA) is 60.9 Å². The van der Waals surface area contributed by atoms with Gasteiger partial charge in [-0.2, -0.15) is 4.31 Å². The lowest BCUT2D eigenvalue weighted by molar-refractivity contribution is -0.132. The first kappa shape index (κ1) is 28.0. The number of amides is 1. The predicted octanol–water partition coefficient (Wildman–Crippen LogP) is 5.06. The van der Waals surface area contributed by atoms with Crippen molar-refractivity contribution in [1.82, 2.24) is 14.1 Å². The average Bonchev–Trinajstić information content (AvgIpc) is 3.22. The van der Waals surface area contributed by atoms with Gasteiger partial charge < -0.3 is 4.90 Å². The summed E-state index contributed by atoms with van der Waals surface area (Å²) in [5, 5.41) is 2.06. The van der Waals surface area contributed by atoms with E-state index in [-0.39, 0.29) is 41.2 Å². The van der Waals surface area contributed by atoms with Crippen molar-refractivity contribution in [2.24, 2.45) is 0 Å². The second-order valence-electron chi connectivity index (χ2n) is 11.4. The summed E-state index contributed by atoms with van der Waals surface area (Å²) < 4.78 is 42.4. The van der Waals surface area contributed by atoms with E-state index in [1.165, 1.54) is 15.2 Å². The van der Waals surface area contributed by atoms with E-state index in [4.69, 9.17) is 0 Å². The fourth-order valence-corrected chi connectivity index (χ4v) is 7.91. The third kappa shape index (κ3) is 5.96. The Morgan fingerprint density at radius 1 is 1.00 bits per heavy atom. The summed E-state index contributed by atoms with van der Waals surface area (Å²) in [6.45, 7) is 8.70. The van der Waals surface area contributed by atoms with Crippen molar-refractivity contribution in [2.75, 3.05) is 39.3 Å². The van der Waals surface area contributed by atoms with Crippen LogP contribution < -0.4 is 0 Å². The molecule has 2 aliphatic heterocycles. The molecule has 0 radical (unpaired) electrons. The quantitative estimate of drug-likeness (QED) is 0.431. The van der Waals surface area contributed by atoms with Crippen molar-refractivity contribution in [3.63, 3.8) is 0 Å². The summed E-state index contributed by atoms with van der Waals surface area (Å²) in [6, 6.07) is 15.7. The van der Waals surface area contributed by atoms with Gasteiger partial charge in [-0.3, -0.25) is 9.69 Å². The normalized spacial score (nSPS) is 19.5. The van der Waals surface area contributed by atoms with Crippen LogP contribution in [0.1, 0.15) is 54.8 Å². The second kappa shape index (κ2) is 11.1. The highest BCUT2D eigenvalue weighted by molar-refractivity contribution is 7.89. The number of nitrogens with zero attached hydrogens (tertiary/aromatic N) is 3. The summed E-state index contributed by atoms with van der Waals surface area (Å²) in [6.07, 6.45) is 1.43. The highest BCUT2D eigenvalue weighted by Gasteiger charge is 2.33. The zero-order valence-corrected chi connectivity index (χ0v) is 24.4. The maximum atomic E-state index is 14.1. The first-order valence-corrected chi connectivity index (χ1v) is 15.8. The van der Waals surface area contributed by atoms with Gasteiger partial charge in [-0.25, -0.2) is 12.8 Å². The van der Waals surface area contributed by atoms with Crippen LogP contribution in [-0.2, 0) is 26.7 Å². The van der Waals surface area contributed by atoms with E-state index in [0.717, 1.165) is 23.1 Å². The molecule has 9 heteroatoms. The van der Waals surface area contributed by atoms with Crippen molar-refractivity contribution < 1.29 is 17.6 Å². The van der Waals surface area contributed by atoms with E-state index in [1.54, 1.807) is 40.5 Å². The van der Waals surface area contributed by atoms with Gasteiger partial charge >= 0.3 is 0 Å². The molecule has 2 aromatic carbocycles. The van der Waals surface area contributed by atoms with Crippen LogP contribution in [0.15, 0.2) is 64.9 Å². The summed E-state index contributed by atoms with van der Waals surface area (Å²) >= 11 is 1.70. The predicted molar refractivity (Wildman–Crippen MR) is 153 cm³/mol. The summed E-state index contributed by atoms with van der Waals surface area (Å²) in [5.74, 6) is -0.313. The highest BCUT2D eigenvalue weighted by atomic mass is 32.2. The molecule has 0 saturated carbocycles. The van der Waals surface area contributed by atoms with E-state index in [2.05, 4.69) is 37.1 Å². The van der Waals surface area contributed by atoms with Gasteiger partial charge in [-0.15, -0.1) is 11.3 Å². The van der Waals surface area contributed by atoms with Crippen LogP contribution >= 0.6 is 11.3 Å². The molecule has 1 atom stereocenters. The number of thiophene rings is 1. The minimum Gasteiger partial charge on any atom is -0.340 e. The number of sulfonamides is 1. The molecule has 6 nitrogen and oxygen atoms in total. The van der Waals surface area contributed by atoms with E-state index in [1.807, 2.05) is 18.2 Å². The summed E-state index contributed by atoms with van der Waals surface area (Å²) in [4.78, 5) is 19.0. The lowest BCUT2D eigenvalue weighted by Gasteiger charge is -2.37. The second-order valence-corrected chi connectivity index (χ2v) is 14.3. The molecule has 2 aliphatic rings. The molecule has 0 spiro atoms. The van der Waals surface area contributed by atoms with Gasteiger partial charge in [-0.05, 0) is 70.7 Å². The molecule has 1 saturated heterocycles. The number of benzene rings is 2. The lowest BCUT2D eigenvalue weighted by atomic mass is 9.87. The molecule has 39 heavy (non-hydrogen) atoms. The third-order valence-corrected chi connectivity index (χ3v) is 10.6. The number of hydrogen-bond acceptors (Lipinski definition) is 5. The molecule has 0 unspecified atom stereocenters. The first-order chi connectivity index (χ1) is 18.5. The van der Waals surface area contributed by atoms with Crippen LogP contribution in [-0.4, -0.2) is 67.7 Å². The Morgan fingerprint density at radius 3 is 2.49 bits per heavy atom. The average molecular weight is 570 g/mol. The van der Waals surface area contributed by atoms with Gasteiger partial charge in [0.05, 0.1) is 17.5 Å². The molecule has 208 valence electrons. The van der Waals surface area contributed by atoms with Crippen molar-refractivity contribution in [3.05, 3.63) is 87.4 Å². The van der Waals surface area contributed by atoms with Crippen LogP contribution in [0.5, 0.6) is 0 Å². The SMILES string of the molecule is CC(C)(C)c1ccc(S(=O)(=O)N2CCCN(C(=O)CN3CCc4sccc4[C@H]3c3cccc(F)c3)CC2)cc1. The highest BCUT2D eigenvalue weighted by Crippen LogP contribution is 2.38. The Balaban J connectivity index is 1.28. The van der Waals surface area contributed by atoms with Gasteiger partial charge in [0, 0.05) is 37.6 Å². The number of hydrogen-bond donors (Lipinski definition) is 0. The van der Waals surface area contributed by atoms with E-state index in [0.29, 0.717) is 32.6 Å². The van der Waals surface area contributed by atoms with Crippen LogP contribution in [0.2, 0.25) is 0 Å². The molecular formula is C30H36FN3O3S2. The van der Waals surface area contributed by atoms with E-state index >= 15 is 0 Å². The zero-order valence-electron chi connectivity index (χ0n) is 22.8. The Hall–Kier alpha value is -2.59. The molecule has 1 aromatic heterocycles. The number of carbonyl (C=O) groups excluding carboxylic acids is 1. The standard InChI is InChI=1S/C30H36FN3O3S2/c1-30(2,3)23-8-10-25(11-9-23)39(36,37)34-15-5-14-32(17-18-34)28(35)21-33-16-12-27-26(13-19-38-27)29(33)22-6-4-7-24(31)20-22/h4,6-11,13,19-20,29H,5,12,14-18,21H2,1-3H3/t29-/m1/s1. The molecule has 3 heterocycles. The molecule has 1 amide bonds. The van der Waals surface area contributed by atoms with Gasteiger partial charge in [0.15, 0.2) is 0 Å². The van der Waals surface area contributed by atoms with Crippen molar-refractivity contribution in [2.45, 2.75) is 50.0 Å². The van der Waals surface area contributed by atoms with Gasteiger partial charge in [0.2, 0.25) is 15.9 Å². The maximum Gasteiger partial charge on any atom is 0.243 e. The lowest BCUT2D eigenvalue weighted by Crippen LogP contribution is -2.45. The summed E-state index contributed by atoms with van der Waals surface area (Å²) in [5.41, 5.74) is 3.00. The van der Waals surface area contributed by atoms with Crippen LogP contribution in [0.4, 0.5) is 4.39 Å². The largest absolute Gasteiger partial charge is 0.340 e. The Kier molecular flexibility index (Phi) is 7.97. The van der Waals surface area contributed by atoms with Gasteiger partial charge in [-0.1, -0.05) is 45.0 Å². The molecular weight excluding hydrogens is 533 g/mol. The van der Waals surface area contributed by atoms with Gasteiger partial charge in [0.25, 0.3) is 0 Å². The Bertz CT molecular complexity index is 1430. The molecule has 0 bridgehead atoms. The van der Waals surface area contributed by atoms with Crippen molar-refractivity contribution in [3.8, 4) is 0 Å². The fourth-order valence-electron chi connectivity index (χ4n) is 5.54. The van der Waals surface area contributed by atoms with Crippen LogP contribution in [0, 0.1) is 5.82 Å². The molecule has 5 rings (SSSR count). The number of carbonyl (C=O) groups is 1. The zero-order chi connectivity index (χ0) is 27.8. The van der Waals surface area contributed by atoms with E-state index in [9.17, 15) is 17.6 Å². The number of rotatable bonds is 5. The monoisotopic (exact) mass is 569 g/mol. The Morgan fingerprint density at radius 2 is 1.77 bits per heavy atom. The minimum absolute atomic E-state index is 0.0242. The van der Waals surface area contributed by atoms with Crippen LogP contribution in [0.25, 0.3) is 0 Å². The first-order valence-electron chi connectivity index (χ1n) is 13.5. The van der Waals surface area contributed by atoms with Crippen molar-refractivity contribution >= 4 is 27.3 Å². The molecule has 1 fully saturated rings. The Labute approximate surface area is 235 Å². The molecule has 3 aromatic rings. The molecule has 0 N–H and O–H groups in total. The fraction of sp³-hybridized carbons (Fsp3) is 0.433. The smallest absolute Gasteiger partial charge is 0.243 e. The maximum absolute atomic E-state index is 14.1. The number of fused-ring (bicyclic) bond motifs is 1. The third-order valence-electron chi connectivity index (χ3n) is 7.73. The minimum atomic E-state index is -3.65. The van der Waals surface area contributed by atoms with E-state index < -0.39 is 10.0 Å². The van der Waals surface area contributed by atoms with Gasteiger partial charge in [0.1, 0.15) is 5.82 Å². The van der Waals surface area contributed by atoms with Crippen molar-refractivity contribution in [1.29, 1.82) is 0 Å².